The van der Waals surface area contributed by atoms with Gasteiger partial charge in [-0.05, 0) is 36.1 Å². The van der Waals surface area contributed by atoms with Crippen molar-refractivity contribution in [3.05, 3.63) is 47.4 Å². The molecule has 1 amide bonds. The van der Waals surface area contributed by atoms with Crippen LogP contribution in [0, 0.1) is 17.7 Å². The summed E-state index contributed by atoms with van der Waals surface area (Å²) < 4.78 is 15.0. The molecule has 26 heavy (non-hydrogen) atoms. The lowest BCUT2D eigenvalue weighted by Gasteiger charge is -2.26. The Kier molecular flexibility index (Phi) is 5.41. The first-order chi connectivity index (χ1) is 12.3. The molecule has 1 aromatic carbocycles. The lowest BCUT2D eigenvalue weighted by Crippen LogP contribution is -2.37. The molecule has 138 valence electrons. The molecule has 0 saturated heterocycles. The quantitative estimate of drug-likeness (QED) is 0.613. The van der Waals surface area contributed by atoms with Crippen molar-refractivity contribution in [1.82, 2.24) is 14.3 Å². The van der Waals surface area contributed by atoms with Crippen molar-refractivity contribution < 1.29 is 9.18 Å². The summed E-state index contributed by atoms with van der Waals surface area (Å²) in [4.78, 5) is 20.4. The van der Waals surface area contributed by atoms with Gasteiger partial charge in [0.1, 0.15) is 11.5 Å². The molecule has 0 atom stereocenters. The van der Waals surface area contributed by atoms with E-state index in [1.807, 2.05) is 20.9 Å². The van der Waals surface area contributed by atoms with E-state index in [1.54, 1.807) is 12.1 Å². The molecule has 0 unspecified atom stereocenters. The average Bonchev–Trinajstić information content (AvgIpc) is 3.13. The smallest absolute Gasteiger partial charge is 0.271 e. The van der Waals surface area contributed by atoms with Crippen molar-refractivity contribution in [2.45, 2.75) is 27.7 Å². The maximum atomic E-state index is 13.1. The summed E-state index contributed by atoms with van der Waals surface area (Å²) in [5, 5.41) is 1.87. The number of amides is 1. The molecule has 0 N–H and O–H groups in total. The maximum absolute atomic E-state index is 13.1. The lowest BCUT2D eigenvalue weighted by molar-refractivity contribution is 0.0708. The van der Waals surface area contributed by atoms with Crippen LogP contribution < -0.4 is 0 Å². The fourth-order valence-electron chi connectivity index (χ4n) is 2.98. The number of benzene rings is 1. The zero-order valence-electron chi connectivity index (χ0n) is 15.6. The van der Waals surface area contributed by atoms with Crippen LogP contribution in [-0.4, -0.2) is 33.3 Å². The first kappa shape index (κ1) is 18.6. The molecule has 0 aliphatic carbocycles. The van der Waals surface area contributed by atoms with E-state index < -0.39 is 0 Å². The van der Waals surface area contributed by atoms with Gasteiger partial charge in [-0.25, -0.2) is 9.37 Å². The summed E-state index contributed by atoms with van der Waals surface area (Å²) in [6.07, 6.45) is 1.86. The molecule has 0 bridgehead atoms. The number of imidazole rings is 1. The molecule has 0 aliphatic heterocycles. The van der Waals surface area contributed by atoms with Crippen LogP contribution in [0.25, 0.3) is 16.2 Å². The van der Waals surface area contributed by atoms with E-state index in [4.69, 9.17) is 0 Å². The van der Waals surface area contributed by atoms with Crippen molar-refractivity contribution in [3.63, 3.8) is 0 Å². The zero-order valence-corrected chi connectivity index (χ0v) is 16.4. The van der Waals surface area contributed by atoms with Gasteiger partial charge in [-0.3, -0.25) is 9.20 Å². The van der Waals surface area contributed by atoms with Crippen LogP contribution >= 0.6 is 11.3 Å². The van der Waals surface area contributed by atoms with Gasteiger partial charge in [-0.1, -0.05) is 27.7 Å². The second-order valence-corrected chi connectivity index (χ2v) is 8.24. The second kappa shape index (κ2) is 7.58. The highest BCUT2D eigenvalue weighted by molar-refractivity contribution is 7.15. The number of halogens is 1. The van der Waals surface area contributed by atoms with Gasteiger partial charge in [0.2, 0.25) is 0 Å². The van der Waals surface area contributed by atoms with Gasteiger partial charge in [0, 0.05) is 30.2 Å². The summed E-state index contributed by atoms with van der Waals surface area (Å²) >= 11 is 1.45. The van der Waals surface area contributed by atoms with Crippen LogP contribution in [0.3, 0.4) is 0 Å². The molecule has 0 saturated carbocycles. The minimum absolute atomic E-state index is 0.0294. The first-order valence-corrected chi connectivity index (χ1v) is 9.75. The Bertz CT molecular complexity index is 886. The van der Waals surface area contributed by atoms with E-state index >= 15 is 0 Å². The average molecular weight is 373 g/mol. The number of carbonyl (C=O) groups excluding carboxylic acids is 1. The lowest BCUT2D eigenvalue weighted by atomic mass is 10.1. The van der Waals surface area contributed by atoms with Gasteiger partial charge in [0.05, 0.1) is 5.69 Å². The molecule has 3 rings (SSSR count). The summed E-state index contributed by atoms with van der Waals surface area (Å²) in [5.74, 6) is 0.569. The van der Waals surface area contributed by atoms with E-state index in [2.05, 4.69) is 32.7 Å². The highest BCUT2D eigenvalue weighted by atomic mass is 32.1. The third-order valence-corrected chi connectivity index (χ3v) is 4.87. The number of fused-ring (bicyclic) bond motifs is 1. The Morgan fingerprint density at radius 1 is 1.15 bits per heavy atom. The standard InChI is InChI=1S/C20H24FN3OS/c1-13(2)9-23(10-14(3)4)19(25)18-12-26-20-22-17(11-24(18)20)15-5-7-16(21)8-6-15/h5-8,11-14H,9-10H2,1-4H3. The number of rotatable bonds is 6. The fraction of sp³-hybridized carbons (Fsp3) is 0.400. The Morgan fingerprint density at radius 2 is 1.77 bits per heavy atom. The number of thiazole rings is 1. The molecule has 6 heteroatoms. The number of aromatic nitrogens is 2. The second-order valence-electron chi connectivity index (χ2n) is 7.40. The molecule has 0 fully saturated rings. The van der Waals surface area contributed by atoms with Crippen molar-refractivity contribution in [2.75, 3.05) is 13.1 Å². The van der Waals surface area contributed by atoms with Gasteiger partial charge in [0.25, 0.3) is 5.91 Å². The Balaban J connectivity index is 1.94. The van der Waals surface area contributed by atoms with E-state index in [0.717, 1.165) is 29.3 Å². The van der Waals surface area contributed by atoms with Crippen LogP contribution in [0.15, 0.2) is 35.8 Å². The van der Waals surface area contributed by atoms with Crippen LogP contribution in [0.5, 0.6) is 0 Å². The minimum atomic E-state index is -0.274. The van der Waals surface area contributed by atoms with Gasteiger partial charge >= 0.3 is 0 Å². The molecule has 0 radical (unpaired) electrons. The van der Waals surface area contributed by atoms with Crippen LogP contribution in [-0.2, 0) is 0 Å². The predicted molar refractivity (Wildman–Crippen MR) is 104 cm³/mol. The number of hydrogen-bond donors (Lipinski definition) is 0. The Morgan fingerprint density at radius 3 is 2.35 bits per heavy atom. The Labute approximate surface area is 157 Å². The predicted octanol–water partition coefficient (Wildman–Crippen LogP) is 4.96. The number of carbonyl (C=O) groups is 1. The van der Waals surface area contributed by atoms with E-state index in [1.165, 1.54) is 23.5 Å². The maximum Gasteiger partial charge on any atom is 0.271 e. The topological polar surface area (TPSA) is 37.6 Å². The first-order valence-electron chi connectivity index (χ1n) is 8.87. The summed E-state index contributed by atoms with van der Waals surface area (Å²) in [7, 11) is 0. The van der Waals surface area contributed by atoms with E-state index in [0.29, 0.717) is 17.5 Å². The number of hydrogen-bond acceptors (Lipinski definition) is 3. The molecular weight excluding hydrogens is 349 g/mol. The summed E-state index contributed by atoms with van der Waals surface area (Å²) in [5.41, 5.74) is 2.21. The number of nitrogens with zero attached hydrogens (tertiary/aromatic N) is 3. The summed E-state index contributed by atoms with van der Waals surface area (Å²) in [6.45, 7) is 9.93. The monoisotopic (exact) mass is 373 g/mol. The van der Waals surface area contributed by atoms with Crippen molar-refractivity contribution in [3.8, 4) is 11.3 Å². The third kappa shape index (κ3) is 3.96. The molecule has 0 aliphatic rings. The van der Waals surface area contributed by atoms with Crippen LogP contribution in [0.2, 0.25) is 0 Å². The van der Waals surface area contributed by atoms with E-state index in [-0.39, 0.29) is 11.7 Å². The highest BCUT2D eigenvalue weighted by Crippen LogP contribution is 2.25. The fourth-order valence-corrected chi connectivity index (χ4v) is 3.83. The van der Waals surface area contributed by atoms with Crippen molar-refractivity contribution >= 4 is 22.2 Å². The largest absolute Gasteiger partial charge is 0.337 e. The summed E-state index contributed by atoms with van der Waals surface area (Å²) in [6, 6.07) is 6.24. The van der Waals surface area contributed by atoms with Gasteiger partial charge in [0.15, 0.2) is 4.96 Å². The van der Waals surface area contributed by atoms with Crippen LogP contribution in [0.1, 0.15) is 38.2 Å². The molecule has 3 aromatic rings. The molecule has 0 spiro atoms. The molecule has 4 nitrogen and oxygen atoms in total. The molecule has 2 aromatic heterocycles. The van der Waals surface area contributed by atoms with Crippen molar-refractivity contribution in [1.29, 1.82) is 0 Å². The highest BCUT2D eigenvalue weighted by Gasteiger charge is 2.22. The minimum Gasteiger partial charge on any atom is -0.337 e. The zero-order chi connectivity index (χ0) is 18.8. The molecule has 2 heterocycles. The normalized spacial score (nSPS) is 11.7. The van der Waals surface area contributed by atoms with E-state index in [9.17, 15) is 9.18 Å². The van der Waals surface area contributed by atoms with Gasteiger partial charge in [-0.15, -0.1) is 11.3 Å². The van der Waals surface area contributed by atoms with Gasteiger partial charge in [-0.2, -0.15) is 0 Å². The van der Waals surface area contributed by atoms with Gasteiger partial charge < -0.3 is 4.90 Å². The van der Waals surface area contributed by atoms with Crippen molar-refractivity contribution in [2.24, 2.45) is 11.8 Å². The van der Waals surface area contributed by atoms with Crippen LogP contribution in [0.4, 0.5) is 4.39 Å². The SMILES string of the molecule is CC(C)CN(CC(C)C)C(=O)c1csc2nc(-c3ccc(F)cc3)cn12. The molecular formula is C20H24FN3OS. The Hall–Kier alpha value is -2.21. The third-order valence-electron chi connectivity index (χ3n) is 4.03.